The normalized spacial score (nSPS) is 31.7. The molecule has 1 unspecified atom stereocenters. The van der Waals surface area contributed by atoms with E-state index in [0.29, 0.717) is 17.4 Å². The summed E-state index contributed by atoms with van der Waals surface area (Å²) in [6.45, 7) is 9.23. The van der Waals surface area contributed by atoms with Gasteiger partial charge in [-0.1, -0.05) is 37.1 Å². The van der Waals surface area contributed by atoms with E-state index >= 15 is 0 Å². The lowest BCUT2D eigenvalue weighted by Crippen LogP contribution is -2.29. The number of carbonyl (C=O) groups excluding carboxylic acids is 1. The van der Waals surface area contributed by atoms with Crippen LogP contribution < -0.4 is 0 Å². The molecule has 0 saturated carbocycles. The van der Waals surface area contributed by atoms with E-state index in [1.807, 2.05) is 0 Å². The number of carbonyl (C=O) groups is 1. The quantitative estimate of drug-likeness (QED) is 0.571. The maximum Gasteiger partial charge on any atom is 0.333 e. The van der Waals surface area contributed by atoms with Gasteiger partial charge in [0.05, 0.1) is 0 Å². The minimum atomic E-state index is -1.04. The van der Waals surface area contributed by atoms with Crippen LogP contribution in [0.2, 0.25) is 0 Å². The average molecular weight is 318 g/mol. The summed E-state index contributed by atoms with van der Waals surface area (Å²) in [5.41, 5.74) is 3.93. The fraction of sp³-hybridized carbons (Fsp3) is 0.650. The third-order valence-electron chi connectivity index (χ3n) is 5.85. The van der Waals surface area contributed by atoms with Crippen molar-refractivity contribution in [1.82, 2.24) is 0 Å². The fourth-order valence-corrected chi connectivity index (χ4v) is 3.62. The minimum absolute atomic E-state index is 0.317. The van der Waals surface area contributed by atoms with Gasteiger partial charge < -0.3 is 9.84 Å². The summed E-state index contributed by atoms with van der Waals surface area (Å²) >= 11 is 0. The van der Waals surface area contributed by atoms with Crippen LogP contribution in [0.15, 0.2) is 34.9 Å². The first-order valence-corrected chi connectivity index (χ1v) is 8.75. The molecule has 1 aliphatic heterocycles. The first kappa shape index (κ1) is 18.0. The number of cyclic esters (lactones) is 1. The van der Waals surface area contributed by atoms with E-state index in [1.165, 1.54) is 30.9 Å². The summed E-state index contributed by atoms with van der Waals surface area (Å²) in [7, 11) is 0. The maximum atomic E-state index is 11.1. The zero-order valence-electron chi connectivity index (χ0n) is 14.9. The summed E-state index contributed by atoms with van der Waals surface area (Å²) in [5, 5.41) is 9.55. The van der Waals surface area contributed by atoms with E-state index in [2.05, 4.69) is 39.8 Å². The molecule has 23 heavy (non-hydrogen) atoms. The van der Waals surface area contributed by atoms with Crippen molar-refractivity contribution in [3.63, 3.8) is 0 Å². The van der Waals surface area contributed by atoms with Crippen molar-refractivity contribution in [2.75, 3.05) is 0 Å². The molecular weight excluding hydrogens is 288 g/mol. The third-order valence-corrected chi connectivity index (χ3v) is 5.85. The molecule has 2 aliphatic rings. The van der Waals surface area contributed by atoms with Gasteiger partial charge in [0.25, 0.3) is 0 Å². The zero-order valence-corrected chi connectivity index (χ0v) is 14.9. The van der Waals surface area contributed by atoms with Crippen molar-refractivity contribution < 1.29 is 14.6 Å². The standard InChI is InChI=1S/C20H30O3/c1-14(7-5-10-17-13-18(21)23-19(17)22)11-12-20(4)15(2)8-6-9-16(20)3/h7-8,13,16,19,22H,5-6,9-12H2,1-4H3/b14-7+/t16-,19?,20+/m0/s1. The van der Waals surface area contributed by atoms with Crippen LogP contribution in [0.25, 0.3) is 0 Å². The molecule has 0 bridgehead atoms. The van der Waals surface area contributed by atoms with E-state index in [1.54, 1.807) is 5.57 Å². The number of ether oxygens (including phenoxy) is 1. The molecule has 3 atom stereocenters. The highest BCUT2D eigenvalue weighted by Crippen LogP contribution is 2.45. The van der Waals surface area contributed by atoms with Crippen LogP contribution in [-0.2, 0) is 9.53 Å². The van der Waals surface area contributed by atoms with Gasteiger partial charge >= 0.3 is 5.97 Å². The molecular formula is C20H30O3. The van der Waals surface area contributed by atoms with Crippen LogP contribution in [-0.4, -0.2) is 17.4 Å². The smallest absolute Gasteiger partial charge is 0.333 e. The lowest BCUT2D eigenvalue weighted by Gasteiger charge is -2.40. The molecule has 0 fully saturated rings. The first-order chi connectivity index (χ1) is 10.8. The van der Waals surface area contributed by atoms with Crippen LogP contribution >= 0.6 is 0 Å². The zero-order chi connectivity index (χ0) is 17.0. The Hall–Kier alpha value is -1.35. The molecule has 1 N–H and O–H groups in total. The molecule has 0 radical (unpaired) electrons. The van der Waals surface area contributed by atoms with E-state index < -0.39 is 12.3 Å². The molecule has 0 saturated heterocycles. The van der Waals surface area contributed by atoms with Gasteiger partial charge in [0.15, 0.2) is 0 Å². The molecule has 0 amide bonds. The lowest BCUT2D eigenvalue weighted by molar-refractivity contribution is -0.151. The van der Waals surface area contributed by atoms with Crippen molar-refractivity contribution in [2.45, 2.75) is 72.5 Å². The Morgan fingerprint density at radius 1 is 1.52 bits per heavy atom. The van der Waals surface area contributed by atoms with Gasteiger partial charge in [-0.3, -0.25) is 0 Å². The number of rotatable bonds is 6. The van der Waals surface area contributed by atoms with Crippen molar-refractivity contribution >= 4 is 5.97 Å². The number of aliphatic hydroxyl groups is 1. The molecule has 2 rings (SSSR count). The van der Waals surface area contributed by atoms with Crippen molar-refractivity contribution in [2.24, 2.45) is 11.3 Å². The molecule has 3 heteroatoms. The van der Waals surface area contributed by atoms with Crippen LogP contribution in [0.4, 0.5) is 0 Å². The second kappa shape index (κ2) is 7.48. The summed E-state index contributed by atoms with van der Waals surface area (Å²) in [5.74, 6) is 0.303. The van der Waals surface area contributed by atoms with E-state index in [9.17, 15) is 9.90 Å². The molecule has 0 spiro atoms. The third kappa shape index (κ3) is 4.35. The van der Waals surface area contributed by atoms with Gasteiger partial charge in [-0.15, -0.1) is 0 Å². The Balaban J connectivity index is 1.83. The SMILES string of the molecule is CC1=CCC[C@H](C)[C@]1(C)CC/C(C)=C/CCC1=CC(=O)OC1O. The van der Waals surface area contributed by atoms with Gasteiger partial charge in [0.2, 0.25) is 6.29 Å². The van der Waals surface area contributed by atoms with Crippen LogP contribution in [0, 0.1) is 11.3 Å². The highest BCUT2D eigenvalue weighted by atomic mass is 16.6. The maximum absolute atomic E-state index is 11.1. The molecule has 0 aromatic heterocycles. The highest BCUT2D eigenvalue weighted by molar-refractivity contribution is 5.85. The molecule has 1 aliphatic carbocycles. The Morgan fingerprint density at radius 2 is 2.26 bits per heavy atom. The fourth-order valence-electron chi connectivity index (χ4n) is 3.62. The van der Waals surface area contributed by atoms with E-state index in [4.69, 9.17) is 4.74 Å². The monoisotopic (exact) mass is 318 g/mol. The summed E-state index contributed by atoms with van der Waals surface area (Å²) in [4.78, 5) is 11.1. The van der Waals surface area contributed by atoms with Crippen LogP contribution in [0.5, 0.6) is 0 Å². The van der Waals surface area contributed by atoms with Gasteiger partial charge in [0.1, 0.15) is 0 Å². The molecule has 3 nitrogen and oxygen atoms in total. The molecule has 1 heterocycles. The highest BCUT2D eigenvalue weighted by Gasteiger charge is 2.34. The van der Waals surface area contributed by atoms with Gasteiger partial charge in [-0.2, -0.15) is 0 Å². The number of allylic oxidation sites excluding steroid dienone is 4. The Labute approximate surface area is 140 Å². The summed E-state index contributed by atoms with van der Waals surface area (Å²) < 4.78 is 4.69. The number of hydrogen-bond donors (Lipinski definition) is 1. The summed E-state index contributed by atoms with van der Waals surface area (Å²) in [6.07, 6.45) is 11.3. The first-order valence-electron chi connectivity index (χ1n) is 8.75. The van der Waals surface area contributed by atoms with Gasteiger partial charge in [-0.05, 0) is 63.7 Å². The summed E-state index contributed by atoms with van der Waals surface area (Å²) in [6, 6.07) is 0. The molecule has 128 valence electrons. The Bertz CT molecular complexity index is 541. The minimum Gasteiger partial charge on any atom is -0.429 e. The van der Waals surface area contributed by atoms with Gasteiger partial charge in [0, 0.05) is 11.6 Å². The van der Waals surface area contributed by atoms with E-state index in [-0.39, 0.29) is 0 Å². The van der Waals surface area contributed by atoms with Crippen LogP contribution in [0.3, 0.4) is 0 Å². The van der Waals surface area contributed by atoms with Crippen LogP contribution in [0.1, 0.15) is 66.2 Å². The largest absolute Gasteiger partial charge is 0.429 e. The van der Waals surface area contributed by atoms with Crippen molar-refractivity contribution in [1.29, 1.82) is 0 Å². The van der Waals surface area contributed by atoms with E-state index in [0.717, 1.165) is 18.8 Å². The Morgan fingerprint density at radius 3 is 2.87 bits per heavy atom. The lowest BCUT2D eigenvalue weighted by atomic mass is 9.65. The van der Waals surface area contributed by atoms with Gasteiger partial charge in [-0.25, -0.2) is 4.79 Å². The van der Waals surface area contributed by atoms with Crippen molar-refractivity contribution in [3.05, 3.63) is 34.9 Å². The average Bonchev–Trinajstić information content (AvgIpc) is 2.81. The number of esters is 1. The second-order valence-corrected chi connectivity index (χ2v) is 7.38. The number of aliphatic hydroxyl groups excluding tert-OH is 1. The predicted octanol–water partition coefficient (Wildman–Crippen LogP) is 4.68. The second-order valence-electron chi connectivity index (χ2n) is 7.38. The molecule has 0 aromatic rings. The Kier molecular flexibility index (Phi) is 5.85. The predicted molar refractivity (Wildman–Crippen MR) is 92.7 cm³/mol. The topological polar surface area (TPSA) is 46.5 Å². The number of hydrogen-bond acceptors (Lipinski definition) is 3. The van der Waals surface area contributed by atoms with Crippen molar-refractivity contribution in [3.8, 4) is 0 Å². The molecule has 0 aromatic carbocycles.